The van der Waals surface area contributed by atoms with Crippen LogP contribution in [0.25, 0.3) is 0 Å². The molecule has 0 atom stereocenters. The molecule has 2 N–H and O–H groups in total. The van der Waals surface area contributed by atoms with Crippen LogP contribution in [-0.2, 0) is 4.79 Å². The fourth-order valence-electron chi connectivity index (χ4n) is 2.71. The van der Waals surface area contributed by atoms with Gasteiger partial charge in [0, 0.05) is 17.4 Å². The van der Waals surface area contributed by atoms with Crippen LogP contribution >= 0.6 is 0 Å². The average molecular weight is 418 g/mol. The average Bonchev–Trinajstić information content (AvgIpc) is 2.81. The van der Waals surface area contributed by atoms with E-state index in [0.717, 1.165) is 17.2 Å². The summed E-state index contributed by atoms with van der Waals surface area (Å²) in [5, 5.41) is 5.94. The number of carbonyl (C=O) groups excluding carboxylic acids is 1. The van der Waals surface area contributed by atoms with Crippen molar-refractivity contribution in [3.05, 3.63) is 91.5 Å². The van der Waals surface area contributed by atoms with Crippen LogP contribution in [0, 0.1) is 0 Å². The maximum atomic E-state index is 12.2. The van der Waals surface area contributed by atoms with Crippen LogP contribution in [0.2, 0.25) is 0 Å². The maximum Gasteiger partial charge on any atom is 0.243 e. The monoisotopic (exact) mass is 418 g/mol. The number of benzene rings is 3. The molecular weight excluding hydrogens is 392 g/mol. The van der Waals surface area contributed by atoms with Gasteiger partial charge in [0.2, 0.25) is 5.91 Å². The van der Waals surface area contributed by atoms with Crippen molar-refractivity contribution in [2.45, 2.75) is 0 Å². The highest BCUT2D eigenvalue weighted by Crippen LogP contribution is 2.18. The summed E-state index contributed by atoms with van der Waals surface area (Å²) in [4.78, 5) is 12.2. The summed E-state index contributed by atoms with van der Waals surface area (Å²) in [5.74, 6) is 2.08. The topological polar surface area (TPSA) is 68.8 Å². The van der Waals surface area contributed by atoms with Crippen molar-refractivity contribution < 1.29 is 19.0 Å². The molecule has 0 aliphatic heterocycles. The molecule has 160 valence electrons. The Morgan fingerprint density at radius 2 is 1.45 bits per heavy atom. The molecule has 3 aromatic carbocycles. The van der Waals surface area contributed by atoms with E-state index < -0.39 is 0 Å². The molecule has 0 aromatic heterocycles. The number of nitrogens with one attached hydrogen (secondary N) is 2. The van der Waals surface area contributed by atoms with Crippen LogP contribution in [0.1, 0.15) is 0 Å². The normalized spacial score (nSPS) is 10.1. The first kappa shape index (κ1) is 21.8. The number of amides is 1. The van der Waals surface area contributed by atoms with Crippen molar-refractivity contribution in [2.24, 2.45) is 0 Å². The van der Waals surface area contributed by atoms with Crippen LogP contribution in [0.4, 0.5) is 11.4 Å². The number of anilines is 2. The number of para-hydroxylation sites is 1. The van der Waals surface area contributed by atoms with Crippen LogP contribution in [0.15, 0.2) is 91.5 Å². The zero-order valence-electron chi connectivity index (χ0n) is 17.3. The lowest BCUT2D eigenvalue weighted by molar-refractivity contribution is -0.114. The Labute approximate surface area is 182 Å². The molecule has 0 aliphatic rings. The SMILES string of the molecule is C=CCOc1cccc(NC(=O)CNc2ccc(OCCOc3ccccc3)cc2)c1. The maximum absolute atomic E-state index is 12.2. The summed E-state index contributed by atoms with van der Waals surface area (Å²) in [6, 6.07) is 24.3. The standard InChI is InChI=1S/C25H26N2O4/c1-2-15-29-24-10-6-7-21(18-24)27-25(28)19-26-20-11-13-23(14-12-20)31-17-16-30-22-8-4-3-5-9-22/h2-14,18,26H,1,15-17,19H2,(H,27,28). The van der Waals surface area contributed by atoms with Gasteiger partial charge in [-0.05, 0) is 48.5 Å². The van der Waals surface area contributed by atoms with E-state index in [4.69, 9.17) is 14.2 Å². The van der Waals surface area contributed by atoms with E-state index in [0.29, 0.717) is 31.3 Å². The Morgan fingerprint density at radius 1 is 0.774 bits per heavy atom. The molecule has 0 spiro atoms. The van der Waals surface area contributed by atoms with Gasteiger partial charge in [-0.15, -0.1) is 0 Å². The lowest BCUT2D eigenvalue weighted by Gasteiger charge is -2.11. The van der Waals surface area contributed by atoms with Gasteiger partial charge >= 0.3 is 0 Å². The van der Waals surface area contributed by atoms with Crippen molar-refractivity contribution in [2.75, 3.05) is 37.0 Å². The van der Waals surface area contributed by atoms with Crippen molar-refractivity contribution >= 4 is 17.3 Å². The first-order valence-electron chi connectivity index (χ1n) is 10.0. The van der Waals surface area contributed by atoms with Gasteiger partial charge in [-0.1, -0.05) is 36.9 Å². The first-order valence-corrected chi connectivity index (χ1v) is 10.0. The van der Waals surface area contributed by atoms with Gasteiger partial charge in [0.1, 0.15) is 37.1 Å². The summed E-state index contributed by atoms with van der Waals surface area (Å²) in [6.07, 6.45) is 1.67. The minimum absolute atomic E-state index is 0.142. The number of carbonyl (C=O) groups is 1. The number of hydrogen-bond donors (Lipinski definition) is 2. The first-order chi connectivity index (χ1) is 15.2. The van der Waals surface area contributed by atoms with Crippen molar-refractivity contribution in [3.8, 4) is 17.2 Å². The second-order valence-corrected chi connectivity index (χ2v) is 6.56. The molecule has 0 unspecified atom stereocenters. The predicted molar refractivity (Wildman–Crippen MR) is 123 cm³/mol. The number of hydrogen-bond acceptors (Lipinski definition) is 5. The molecule has 6 nitrogen and oxygen atoms in total. The molecule has 3 rings (SSSR count). The Hall–Kier alpha value is -3.93. The summed E-state index contributed by atoms with van der Waals surface area (Å²) < 4.78 is 16.7. The molecule has 0 saturated carbocycles. The third-order valence-corrected chi connectivity index (χ3v) is 4.16. The Morgan fingerprint density at radius 3 is 2.16 bits per heavy atom. The summed E-state index contributed by atoms with van der Waals surface area (Å²) >= 11 is 0. The number of rotatable bonds is 12. The van der Waals surface area contributed by atoms with Gasteiger partial charge in [0.05, 0.1) is 6.54 Å². The molecule has 6 heteroatoms. The summed E-state index contributed by atoms with van der Waals surface area (Å²) in [5.41, 5.74) is 1.50. The van der Waals surface area contributed by atoms with Gasteiger partial charge in [-0.25, -0.2) is 0 Å². The fraction of sp³-hybridized carbons (Fsp3) is 0.160. The summed E-state index contributed by atoms with van der Waals surface area (Å²) in [6.45, 7) is 5.08. The second kappa shape index (κ2) is 11.9. The Kier molecular flexibility index (Phi) is 8.37. The molecular formula is C25H26N2O4. The smallest absolute Gasteiger partial charge is 0.243 e. The molecule has 0 fully saturated rings. The van der Waals surface area contributed by atoms with Gasteiger partial charge in [-0.2, -0.15) is 0 Å². The molecule has 1 amide bonds. The minimum Gasteiger partial charge on any atom is -0.490 e. The van der Waals surface area contributed by atoms with Crippen molar-refractivity contribution in [3.63, 3.8) is 0 Å². The highest BCUT2D eigenvalue weighted by atomic mass is 16.5. The highest BCUT2D eigenvalue weighted by Gasteiger charge is 2.04. The van der Waals surface area contributed by atoms with Crippen LogP contribution < -0.4 is 24.8 Å². The van der Waals surface area contributed by atoms with E-state index in [1.54, 1.807) is 12.1 Å². The molecule has 0 radical (unpaired) electrons. The van der Waals surface area contributed by atoms with Crippen molar-refractivity contribution in [1.82, 2.24) is 0 Å². The van der Waals surface area contributed by atoms with E-state index in [2.05, 4.69) is 17.2 Å². The fourth-order valence-corrected chi connectivity index (χ4v) is 2.71. The minimum atomic E-state index is -0.153. The number of ether oxygens (including phenoxy) is 3. The quantitative estimate of drug-likeness (QED) is 0.328. The van der Waals surface area contributed by atoms with E-state index >= 15 is 0 Å². The van der Waals surface area contributed by atoms with Crippen molar-refractivity contribution in [1.29, 1.82) is 0 Å². The molecule has 0 heterocycles. The van der Waals surface area contributed by atoms with E-state index in [9.17, 15) is 4.79 Å². The summed E-state index contributed by atoms with van der Waals surface area (Å²) in [7, 11) is 0. The van der Waals surface area contributed by atoms with E-state index in [1.165, 1.54) is 0 Å². The second-order valence-electron chi connectivity index (χ2n) is 6.56. The van der Waals surface area contributed by atoms with Crippen LogP contribution in [0.5, 0.6) is 17.2 Å². The molecule has 0 saturated heterocycles. The molecule has 0 aliphatic carbocycles. The zero-order chi connectivity index (χ0) is 21.7. The van der Waals surface area contributed by atoms with Gasteiger partial charge in [0.15, 0.2) is 0 Å². The largest absolute Gasteiger partial charge is 0.490 e. The van der Waals surface area contributed by atoms with Gasteiger partial charge < -0.3 is 24.8 Å². The Bertz CT molecular complexity index is 959. The van der Waals surface area contributed by atoms with E-state index in [1.807, 2.05) is 72.8 Å². The predicted octanol–water partition coefficient (Wildman–Crippen LogP) is 4.76. The third kappa shape index (κ3) is 7.78. The van der Waals surface area contributed by atoms with Crippen LogP contribution in [0.3, 0.4) is 0 Å². The van der Waals surface area contributed by atoms with E-state index in [-0.39, 0.29) is 12.5 Å². The highest BCUT2D eigenvalue weighted by molar-refractivity contribution is 5.93. The van der Waals surface area contributed by atoms with Crippen LogP contribution in [-0.4, -0.2) is 32.3 Å². The zero-order valence-corrected chi connectivity index (χ0v) is 17.3. The lowest BCUT2D eigenvalue weighted by atomic mass is 10.3. The van der Waals surface area contributed by atoms with Gasteiger partial charge in [0.25, 0.3) is 0 Å². The Balaban J connectivity index is 1.37. The molecule has 3 aromatic rings. The van der Waals surface area contributed by atoms with Gasteiger partial charge in [-0.3, -0.25) is 4.79 Å². The molecule has 0 bridgehead atoms. The molecule has 31 heavy (non-hydrogen) atoms. The lowest BCUT2D eigenvalue weighted by Crippen LogP contribution is -2.21. The third-order valence-electron chi connectivity index (χ3n) is 4.16.